The predicted molar refractivity (Wildman–Crippen MR) is 210 cm³/mol. The maximum absolute atomic E-state index is 3.06. The smallest absolute Gasteiger partial charge is 0.171 e. The number of halogens is 2. The molecule has 0 saturated heterocycles. The summed E-state index contributed by atoms with van der Waals surface area (Å²) >= 11 is 1.36. The molecule has 240 valence electrons. The average molecular weight is 757 g/mol. The summed E-state index contributed by atoms with van der Waals surface area (Å²) in [7, 11) is 0. The summed E-state index contributed by atoms with van der Waals surface area (Å²) in [4.78, 5) is 0. The van der Waals surface area contributed by atoms with Gasteiger partial charge in [0.2, 0.25) is 0 Å². The van der Waals surface area contributed by atoms with Crippen LogP contribution in [-0.4, -0.2) is 6.88 Å². The molecule has 0 saturated carbocycles. The average Bonchev–Trinajstić information content (AvgIpc) is 3.73. The van der Waals surface area contributed by atoms with Crippen LogP contribution in [0, 0.1) is 26.0 Å². The molecule has 8 aromatic rings. The van der Waals surface area contributed by atoms with Gasteiger partial charge in [-0.25, -0.2) is 0 Å². The molecular formula is C44H38Cl2SiZr-4. The van der Waals surface area contributed by atoms with Crippen molar-refractivity contribution in [3.8, 4) is 22.3 Å². The molecule has 0 heterocycles. The van der Waals surface area contributed by atoms with Gasteiger partial charge in [-0.05, 0) is 11.1 Å². The Balaban J connectivity index is 0.000000234. The number of fused-ring (bicyclic) bond motifs is 2. The first kappa shape index (κ1) is 40.4. The molecule has 0 aliphatic carbocycles. The van der Waals surface area contributed by atoms with Crippen molar-refractivity contribution in [1.29, 1.82) is 0 Å². The molecule has 48 heavy (non-hydrogen) atoms. The fourth-order valence-electron chi connectivity index (χ4n) is 5.19. The molecule has 0 nitrogen and oxygen atoms in total. The molecule has 0 N–H and O–H groups in total. The molecule has 0 aliphatic rings. The number of hydrogen-bond acceptors (Lipinski definition) is 0. The second-order valence-corrected chi connectivity index (χ2v) is 10.6. The van der Waals surface area contributed by atoms with Gasteiger partial charge in [0, 0.05) is 0 Å². The van der Waals surface area contributed by atoms with Crippen molar-refractivity contribution in [2.75, 3.05) is 0 Å². The SMILES string of the molecule is Cc1cc2c(-c3ccccc3)cccc2[cH-]1.Cc1cc2c(-c3ccccc3)cccc2[cH-]1.Cl.Cl.[Si]=[Zr].[c-]1ccccc1.[c-]1ccccc1. The third-order valence-electron chi connectivity index (χ3n) is 7.17. The second-order valence-electron chi connectivity index (χ2n) is 10.6. The fourth-order valence-corrected chi connectivity index (χ4v) is 5.19. The van der Waals surface area contributed by atoms with Crippen LogP contribution in [0.15, 0.2) is 182 Å². The van der Waals surface area contributed by atoms with E-state index in [1.165, 1.54) is 78.3 Å². The van der Waals surface area contributed by atoms with E-state index in [2.05, 4.69) is 154 Å². The normalized spacial score (nSPS) is 9.27. The van der Waals surface area contributed by atoms with Gasteiger partial charge in [-0.15, -0.1) is 93.9 Å². The van der Waals surface area contributed by atoms with Crippen LogP contribution < -0.4 is 0 Å². The molecule has 0 atom stereocenters. The van der Waals surface area contributed by atoms with Gasteiger partial charge in [0.05, 0.1) is 0 Å². The summed E-state index contributed by atoms with van der Waals surface area (Å²) in [6, 6.07) is 68.1. The summed E-state index contributed by atoms with van der Waals surface area (Å²) in [5, 5.41) is 5.37. The largest absolute Gasteiger partial charge is 0.184 e. The van der Waals surface area contributed by atoms with E-state index >= 15 is 0 Å². The van der Waals surface area contributed by atoms with E-state index in [0.29, 0.717) is 0 Å². The predicted octanol–water partition coefficient (Wildman–Crippen LogP) is 12.5. The van der Waals surface area contributed by atoms with Gasteiger partial charge in [0.25, 0.3) is 0 Å². The first-order chi connectivity index (χ1) is 22.7. The van der Waals surface area contributed by atoms with E-state index in [0.717, 1.165) is 0 Å². The molecule has 8 aromatic carbocycles. The Kier molecular flexibility index (Phi) is 19.1. The molecule has 0 unspecified atom stereocenters. The topological polar surface area (TPSA) is 0 Å². The molecule has 2 radical (unpaired) electrons. The van der Waals surface area contributed by atoms with E-state index in [-0.39, 0.29) is 24.8 Å². The Bertz CT molecular complexity index is 1780. The molecule has 0 aliphatic heterocycles. The molecule has 0 amide bonds. The van der Waals surface area contributed by atoms with Crippen LogP contribution in [-0.2, 0) is 23.3 Å². The minimum Gasteiger partial charge on any atom is -0.184 e. The Morgan fingerprint density at radius 3 is 1.06 bits per heavy atom. The maximum Gasteiger partial charge on any atom is -0.171 e. The minimum absolute atomic E-state index is 0. The van der Waals surface area contributed by atoms with Crippen molar-refractivity contribution in [1.82, 2.24) is 0 Å². The number of benzene rings is 6. The molecule has 4 heteroatoms. The maximum atomic E-state index is 3.06. The van der Waals surface area contributed by atoms with Crippen molar-refractivity contribution in [3.63, 3.8) is 0 Å². The number of aryl methyl sites for hydroxylation is 2. The molecule has 0 bridgehead atoms. The summed E-state index contributed by atoms with van der Waals surface area (Å²) in [6.07, 6.45) is 0. The van der Waals surface area contributed by atoms with Crippen LogP contribution >= 0.6 is 24.8 Å². The van der Waals surface area contributed by atoms with Gasteiger partial charge < -0.3 is 0 Å². The van der Waals surface area contributed by atoms with Gasteiger partial charge in [-0.1, -0.05) is 97.8 Å². The standard InChI is InChI=1S/2C16H13.2C6H5.2ClH.Si.Zr/c2*1-12-10-14-8-5-9-15(16(14)11-12)13-6-3-2-4-7-13;2*1-2-4-6-5-3-1;;;;/h2*2-11H,1H3;2*1-5H;2*1H;;/q4*-1;;;;. The van der Waals surface area contributed by atoms with Gasteiger partial charge in [-0.3, -0.25) is 0 Å². The van der Waals surface area contributed by atoms with Crippen LogP contribution in [0.1, 0.15) is 11.1 Å². The first-order valence-corrected chi connectivity index (χ1v) is 19.4. The number of hydrogen-bond donors (Lipinski definition) is 0. The summed E-state index contributed by atoms with van der Waals surface area (Å²) in [5.74, 6) is 0. The minimum atomic E-state index is 0. The second kappa shape index (κ2) is 22.7. The Morgan fingerprint density at radius 2 is 0.771 bits per heavy atom. The summed E-state index contributed by atoms with van der Waals surface area (Å²) in [6.45, 7) is 7.36. The van der Waals surface area contributed by atoms with Crippen molar-refractivity contribution >= 4 is 53.2 Å². The summed E-state index contributed by atoms with van der Waals surface area (Å²) < 4.78 is 0. The molecule has 0 aromatic heterocycles. The van der Waals surface area contributed by atoms with Crippen LogP contribution in [0.2, 0.25) is 0 Å². The van der Waals surface area contributed by atoms with Crippen molar-refractivity contribution in [2.45, 2.75) is 13.8 Å². The Labute approximate surface area is 315 Å². The van der Waals surface area contributed by atoms with Crippen LogP contribution in [0.4, 0.5) is 0 Å². The quantitative estimate of drug-likeness (QED) is 0.122. The van der Waals surface area contributed by atoms with E-state index in [4.69, 9.17) is 0 Å². The Morgan fingerprint density at radius 1 is 0.438 bits per heavy atom. The fraction of sp³-hybridized carbons (Fsp3) is 0.0455. The van der Waals surface area contributed by atoms with E-state index in [9.17, 15) is 0 Å². The van der Waals surface area contributed by atoms with Gasteiger partial charge in [0.15, 0.2) is 0 Å². The van der Waals surface area contributed by atoms with E-state index in [1.807, 2.05) is 60.7 Å². The third-order valence-corrected chi connectivity index (χ3v) is 7.17. The zero-order chi connectivity index (χ0) is 32.4. The summed E-state index contributed by atoms with van der Waals surface area (Å²) in [5.41, 5.74) is 7.89. The van der Waals surface area contributed by atoms with E-state index < -0.39 is 0 Å². The van der Waals surface area contributed by atoms with E-state index in [1.54, 1.807) is 0 Å². The number of rotatable bonds is 2. The molecule has 8 rings (SSSR count). The first-order valence-electron chi connectivity index (χ1n) is 15.2. The molecule has 0 spiro atoms. The zero-order valence-corrected chi connectivity index (χ0v) is 32.2. The van der Waals surface area contributed by atoms with Crippen LogP contribution in [0.5, 0.6) is 0 Å². The van der Waals surface area contributed by atoms with Crippen molar-refractivity contribution in [3.05, 3.63) is 205 Å². The van der Waals surface area contributed by atoms with Crippen molar-refractivity contribution < 1.29 is 23.3 Å². The zero-order valence-electron chi connectivity index (χ0n) is 27.1. The van der Waals surface area contributed by atoms with Crippen molar-refractivity contribution in [2.24, 2.45) is 0 Å². The monoisotopic (exact) mass is 754 g/mol. The van der Waals surface area contributed by atoms with Gasteiger partial charge in [0.1, 0.15) is 0 Å². The molecule has 0 fully saturated rings. The molecular weight excluding hydrogens is 719 g/mol. The van der Waals surface area contributed by atoms with Gasteiger partial charge in [-0.2, -0.15) is 84.9 Å². The third kappa shape index (κ3) is 12.3. The van der Waals surface area contributed by atoms with Crippen LogP contribution in [0.3, 0.4) is 0 Å². The Hall–Kier alpha value is -3.78. The van der Waals surface area contributed by atoms with Crippen LogP contribution in [0.25, 0.3) is 43.8 Å². The van der Waals surface area contributed by atoms with Gasteiger partial charge >= 0.3 is 30.2 Å².